The van der Waals surface area contributed by atoms with Crippen molar-refractivity contribution in [2.24, 2.45) is 35.5 Å². The van der Waals surface area contributed by atoms with Crippen LogP contribution in [0.1, 0.15) is 25.7 Å². The number of carbonyl (C=O) groups is 2. The van der Waals surface area contributed by atoms with Crippen LogP contribution in [0.3, 0.4) is 0 Å². The third-order valence-electron chi connectivity index (χ3n) is 7.23. The summed E-state index contributed by atoms with van der Waals surface area (Å²) in [4.78, 5) is 27.6. The van der Waals surface area contributed by atoms with Gasteiger partial charge in [-0.25, -0.2) is 0 Å². The summed E-state index contributed by atoms with van der Waals surface area (Å²) in [7, 11) is 0. The van der Waals surface area contributed by atoms with Gasteiger partial charge in [0.25, 0.3) is 0 Å². The van der Waals surface area contributed by atoms with E-state index < -0.39 is 0 Å². The fraction of sp³-hybridized carbons (Fsp3) is 0.500. The molecule has 0 spiro atoms. The highest BCUT2D eigenvalue weighted by molar-refractivity contribution is 6.23. The average Bonchev–Trinajstić information content (AvgIpc) is 3.33. The van der Waals surface area contributed by atoms with Crippen molar-refractivity contribution in [1.82, 2.24) is 0 Å². The molecule has 6 rings (SSSR count). The van der Waals surface area contributed by atoms with Gasteiger partial charge in [0.1, 0.15) is 0 Å². The van der Waals surface area contributed by atoms with Gasteiger partial charge in [0.05, 0.1) is 17.5 Å². The summed E-state index contributed by atoms with van der Waals surface area (Å²) in [6.07, 6.45) is 5.01. The van der Waals surface area contributed by atoms with Gasteiger partial charge < -0.3 is 0 Å². The summed E-state index contributed by atoms with van der Waals surface area (Å²) in [6.45, 7) is 0. The zero-order valence-electron chi connectivity index (χ0n) is 12.9. The van der Waals surface area contributed by atoms with E-state index in [1.165, 1.54) is 24.2 Å². The minimum atomic E-state index is -0.0641. The first-order chi connectivity index (χ1) is 11.3. The molecule has 4 bridgehead atoms. The fourth-order valence-electron chi connectivity index (χ4n) is 6.65. The molecule has 1 aromatic rings. The standard InChI is InChI=1S/C20H19NO2/c22-19-17-13-9-14(16-11-7-6-10(8-11)15(13)16)18(17)20(23)21(19)12-4-2-1-3-5-12/h1-5,10-11,13-14,17-18H,6-9H2/t10-,11-,13-,14-,17-,18-/m0/s1. The number of anilines is 1. The van der Waals surface area contributed by atoms with Gasteiger partial charge in [0.2, 0.25) is 11.8 Å². The van der Waals surface area contributed by atoms with Crippen LogP contribution in [0.5, 0.6) is 0 Å². The van der Waals surface area contributed by atoms with Crippen LogP contribution in [-0.4, -0.2) is 11.8 Å². The molecule has 0 aromatic heterocycles. The number of hydrogen-bond acceptors (Lipinski definition) is 2. The molecule has 23 heavy (non-hydrogen) atoms. The second-order valence-electron chi connectivity index (χ2n) is 7.97. The Bertz CT molecular complexity index is 736. The molecule has 1 aliphatic heterocycles. The lowest BCUT2D eigenvalue weighted by Crippen LogP contribution is -2.33. The van der Waals surface area contributed by atoms with E-state index in [2.05, 4.69) is 0 Å². The second kappa shape index (κ2) is 3.95. The Hall–Kier alpha value is -1.90. The van der Waals surface area contributed by atoms with Crippen molar-refractivity contribution >= 4 is 17.5 Å². The van der Waals surface area contributed by atoms with Crippen LogP contribution in [0.25, 0.3) is 0 Å². The SMILES string of the molecule is O=C1[C@@H]2[C@@H](C(=O)N1c1ccccc1)[C@H]1C[C@H]2C2=C1[C@H]1CC[C@H]2C1. The number of imide groups is 1. The quantitative estimate of drug-likeness (QED) is 0.454. The highest BCUT2D eigenvalue weighted by Gasteiger charge is 2.67. The third-order valence-corrected chi connectivity index (χ3v) is 7.23. The van der Waals surface area contributed by atoms with E-state index in [-0.39, 0.29) is 23.7 Å². The summed E-state index contributed by atoms with van der Waals surface area (Å²) in [5.41, 5.74) is 4.01. The van der Waals surface area contributed by atoms with E-state index in [0.29, 0.717) is 11.8 Å². The van der Waals surface area contributed by atoms with Crippen LogP contribution in [0.2, 0.25) is 0 Å². The van der Waals surface area contributed by atoms with E-state index in [0.717, 1.165) is 23.9 Å². The summed E-state index contributed by atoms with van der Waals surface area (Å²) >= 11 is 0. The second-order valence-corrected chi connectivity index (χ2v) is 7.97. The van der Waals surface area contributed by atoms with Crippen molar-refractivity contribution in [1.29, 1.82) is 0 Å². The third kappa shape index (κ3) is 1.30. The molecule has 6 atom stereocenters. The minimum Gasteiger partial charge on any atom is -0.274 e. The van der Waals surface area contributed by atoms with Gasteiger partial charge in [-0.2, -0.15) is 0 Å². The number of nitrogens with zero attached hydrogens (tertiary/aromatic N) is 1. The maximum atomic E-state index is 13.1. The van der Waals surface area contributed by atoms with Crippen molar-refractivity contribution in [3.8, 4) is 0 Å². The Labute approximate surface area is 135 Å². The number of benzene rings is 1. The molecule has 2 amide bonds. The monoisotopic (exact) mass is 305 g/mol. The highest BCUT2D eigenvalue weighted by Crippen LogP contribution is 2.68. The molecule has 4 aliphatic carbocycles. The van der Waals surface area contributed by atoms with Gasteiger partial charge in [-0.15, -0.1) is 0 Å². The lowest BCUT2D eigenvalue weighted by molar-refractivity contribution is -0.123. The van der Waals surface area contributed by atoms with Crippen LogP contribution < -0.4 is 4.90 Å². The van der Waals surface area contributed by atoms with Gasteiger partial charge >= 0.3 is 0 Å². The number of para-hydroxylation sites is 1. The number of allylic oxidation sites excluding steroid dienone is 2. The Morgan fingerprint density at radius 1 is 0.783 bits per heavy atom. The van der Waals surface area contributed by atoms with E-state index in [1.807, 2.05) is 30.3 Å². The topological polar surface area (TPSA) is 37.4 Å². The zero-order chi connectivity index (χ0) is 15.3. The molecule has 1 heterocycles. The smallest absolute Gasteiger partial charge is 0.238 e. The Morgan fingerprint density at radius 2 is 1.35 bits per heavy atom. The molecular weight excluding hydrogens is 286 g/mol. The molecule has 3 fully saturated rings. The minimum absolute atomic E-state index is 0.0630. The normalized spacial score (nSPS) is 42.9. The van der Waals surface area contributed by atoms with Crippen molar-refractivity contribution in [3.05, 3.63) is 41.5 Å². The summed E-state index contributed by atoms with van der Waals surface area (Å²) < 4.78 is 0. The molecule has 5 aliphatic rings. The van der Waals surface area contributed by atoms with E-state index in [4.69, 9.17) is 0 Å². The Kier molecular flexibility index (Phi) is 2.15. The lowest BCUT2D eigenvalue weighted by atomic mass is 9.72. The van der Waals surface area contributed by atoms with Crippen molar-refractivity contribution in [2.75, 3.05) is 4.90 Å². The van der Waals surface area contributed by atoms with Gasteiger partial charge in [0.15, 0.2) is 0 Å². The lowest BCUT2D eigenvalue weighted by Gasteiger charge is -2.29. The molecule has 0 N–H and O–H groups in total. The molecule has 116 valence electrons. The number of amides is 2. The average molecular weight is 305 g/mol. The van der Waals surface area contributed by atoms with Gasteiger partial charge in [-0.1, -0.05) is 29.3 Å². The predicted octanol–water partition coefficient (Wildman–Crippen LogP) is 3.17. The van der Waals surface area contributed by atoms with Crippen LogP contribution in [-0.2, 0) is 9.59 Å². The molecule has 0 unspecified atom stereocenters. The van der Waals surface area contributed by atoms with Crippen LogP contribution in [0, 0.1) is 35.5 Å². The number of hydrogen-bond donors (Lipinski definition) is 0. The predicted molar refractivity (Wildman–Crippen MR) is 85.4 cm³/mol. The van der Waals surface area contributed by atoms with Crippen LogP contribution >= 0.6 is 0 Å². The van der Waals surface area contributed by atoms with E-state index >= 15 is 0 Å². The fourth-order valence-corrected chi connectivity index (χ4v) is 6.65. The Balaban J connectivity index is 1.44. The maximum Gasteiger partial charge on any atom is 0.238 e. The van der Waals surface area contributed by atoms with E-state index in [1.54, 1.807) is 11.1 Å². The molecule has 0 radical (unpaired) electrons. The van der Waals surface area contributed by atoms with Crippen LogP contribution in [0.15, 0.2) is 41.5 Å². The van der Waals surface area contributed by atoms with Gasteiger partial charge in [-0.05, 0) is 61.5 Å². The largest absolute Gasteiger partial charge is 0.274 e. The summed E-state index contributed by atoms with van der Waals surface area (Å²) in [6, 6.07) is 9.48. The number of rotatable bonds is 1. The maximum absolute atomic E-state index is 13.1. The summed E-state index contributed by atoms with van der Waals surface area (Å²) in [5.74, 6) is 2.22. The number of carbonyl (C=O) groups excluding carboxylic acids is 2. The molecular formula is C20H19NO2. The first-order valence-corrected chi connectivity index (χ1v) is 8.92. The van der Waals surface area contributed by atoms with Crippen LogP contribution in [0.4, 0.5) is 5.69 Å². The number of fused-ring (bicyclic) bond motifs is 11. The molecule has 1 aromatic carbocycles. The van der Waals surface area contributed by atoms with Crippen molar-refractivity contribution in [2.45, 2.75) is 25.7 Å². The Morgan fingerprint density at radius 3 is 1.91 bits per heavy atom. The highest BCUT2D eigenvalue weighted by atomic mass is 16.2. The molecule has 2 saturated carbocycles. The van der Waals surface area contributed by atoms with Crippen molar-refractivity contribution < 1.29 is 9.59 Å². The van der Waals surface area contributed by atoms with E-state index in [9.17, 15) is 9.59 Å². The van der Waals surface area contributed by atoms with Gasteiger partial charge in [-0.3, -0.25) is 14.5 Å². The molecule has 3 nitrogen and oxygen atoms in total. The van der Waals surface area contributed by atoms with Crippen molar-refractivity contribution in [3.63, 3.8) is 0 Å². The zero-order valence-corrected chi connectivity index (χ0v) is 12.9. The molecule has 3 heteroatoms. The van der Waals surface area contributed by atoms with Gasteiger partial charge in [0, 0.05) is 0 Å². The first-order valence-electron chi connectivity index (χ1n) is 8.92. The molecule has 1 saturated heterocycles. The summed E-state index contributed by atoms with van der Waals surface area (Å²) in [5, 5.41) is 0. The first kappa shape index (κ1) is 12.5.